The topological polar surface area (TPSA) is 104 Å². The Morgan fingerprint density at radius 2 is 1.95 bits per heavy atom. The molecule has 4 heterocycles. The van der Waals surface area contributed by atoms with Gasteiger partial charge in [0.15, 0.2) is 5.82 Å². The number of aryl methyl sites for hydroxylation is 1. The van der Waals surface area contributed by atoms with Gasteiger partial charge in [0.1, 0.15) is 23.7 Å². The maximum atomic E-state index is 15.0. The van der Waals surface area contributed by atoms with Crippen LogP contribution >= 0.6 is 0 Å². The Hall–Kier alpha value is -4.26. The number of amides is 1. The lowest BCUT2D eigenvalue weighted by Crippen LogP contribution is -2.56. The Labute approximate surface area is 250 Å². The Bertz CT molecular complexity index is 1490. The van der Waals surface area contributed by atoms with E-state index in [1.807, 2.05) is 18.2 Å². The van der Waals surface area contributed by atoms with Crippen LogP contribution in [0.1, 0.15) is 23.6 Å². The number of nitrogens with zero attached hydrogens (tertiary/aromatic N) is 5. The van der Waals surface area contributed by atoms with Gasteiger partial charge in [-0.25, -0.2) is 19.4 Å². The molecule has 1 atom stereocenters. The van der Waals surface area contributed by atoms with Crippen LogP contribution in [-0.2, 0) is 14.4 Å². The number of ether oxygens (including phenoxy) is 2. The van der Waals surface area contributed by atoms with E-state index in [4.69, 9.17) is 14.3 Å². The zero-order valence-electron chi connectivity index (χ0n) is 24.4. The first-order valence-electron chi connectivity index (χ1n) is 14.4. The van der Waals surface area contributed by atoms with E-state index in [0.29, 0.717) is 59.0 Å². The molecule has 3 fully saturated rings. The molecule has 1 aromatic heterocycles. The smallest absolute Gasteiger partial charge is 0.247 e. The van der Waals surface area contributed by atoms with Crippen LogP contribution in [-0.4, -0.2) is 79.9 Å². The molecule has 3 aromatic rings. The van der Waals surface area contributed by atoms with Crippen molar-refractivity contribution in [2.75, 3.05) is 73.7 Å². The van der Waals surface area contributed by atoms with Gasteiger partial charge in [0.05, 0.1) is 56.1 Å². The zero-order valence-corrected chi connectivity index (χ0v) is 24.4. The van der Waals surface area contributed by atoms with Gasteiger partial charge in [-0.3, -0.25) is 14.5 Å². The second-order valence-corrected chi connectivity index (χ2v) is 10.8. The van der Waals surface area contributed by atoms with Crippen LogP contribution in [0, 0.1) is 12.7 Å². The lowest BCUT2D eigenvalue weighted by molar-refractivity contribution is -0.111. The van der Waals surface area contributed by atoms with Crippen LogP contribution in [0.2, 0.25) is 0 Å². The molecule has 6 rings (SSSR count). The van der Waals surface area contributed by atoms with Gasteiger partial charge >= 0.3 is 0 Å². The van der Waals surface area contributed by atoms with Crippen LogP contribution in [0.4, 0.5) is 33.1 Å². The van der Waals surface area contributed by atoms with Crippen molar-refractivity contribution < 1.29 is 23.5 Å². The number of aromatic nitrogens is 2. The van der Waals surface area contributed by atoms with Crippen molar-refractivity contribution in [3.05, 3.63) is 72.3 Å². The average molecular weight is 590 g/mol. The fourth-order valence-corrected chi connectivity index (χ4v) is 5.72. The first-order valence-corrected chi connectivity index (χ1v) is 14.4. The molecule has 3 aliphatic heterocycles. The number of hydroxylamine groups is 1. The van der Waals surface area contributed by atoms with Crippen LogP contribution in [0.5, 0.6) is 5.75 Å². The quantitative estimate of drug-likeness (QED) is 0.353. The molecule has 0 unspecified atom stereocenters. The molecule has 0 aliphatic carbocycles. The minimum atomic E-state index is -0.325. The second-order valence-electron chi connectivity index (χ2n) is 10.8. The normalized spacial score (nSPS) is 19.2. The van der Waals surface area contributed by atoms with Crippen LogP contribution < -0.4 is 25.3 Å². The summed E-state index contributed by atoms with van der Waals surface area (Å²) in [6, 6.07) is 11.0. The number of nitrogens with one attached hydrogen (secondary N) is 2. The lowest BCUT2D eigenvalue weighted by atomic mass is 10.0. The van der Waals surface area contributed by atoms with Crippen LogP contribution in [0.15, 0.2) is 55.4 Å². The standard InChI is InChI=1S/C31H36FN7O4/c1-4-30(40)36-23-14-24(27(41-3)15-26(23)38-11-9-37(10-12-38)21-17-42-18-21)35-28-16-29(34-19-33-28)39-25(8-13-43-39)22-7-5-6-20(2)31(22)32/h4-7,14-16,19,21,25H,1,8-13,17-18H2,2-3H3,(H,36,40)(H,33,34,35)/t25-/m1/s1. The number of carbonyl (C=O) groups is 1. The van der Waals surface area contributed by atoms with Crippen molar-refractivity contribution in [2.24, 2.45) is 0 Å². The third kappa shape index (κ3) is 5.99. The van der Waals surface area contributed by atoms with Gasteiger partial charge in [-0.2, -0.15) is 0 Å². The highest BCUT2D eigenvalue weighted by molar-refractivity contribution is 6.02. The monoisotopic (exact) mass is 589 g/mol. The molecule has 3 saturated heterocycles. The van der Waals surface area contributed by atoms with E-state index in [2.05, 4.69) is 37.0 Å². The van der Waals surface area contributed by atoms with Crippen molar-refractivity contribution >= 4 is 34.6 Å². The SMILES string of the molecule is C=CC(=O)Nc1cc(Nc2cc(N3OCC[C@@H]3c3cccc(C)c3F)ncn2)c(OC)cc1N1CCN(C2COC2)CC1. The minimum Gasteiger partial charge on any atom is -0.494 e. The van der Waals surface area contributed by atoms with Gasteiger partial charge in [-0.15, -0.1) is 0 Å². The summed E-state index contributed by atoms with van der Waals surface area (Å²) in [5.41, 5.74) is 3.23. The average Bonchev–Trinajstić information content (AvgIpc) is 3.48. The first-order chi connectivity index (χ1) is 20.9. The summed E-state index contributed by atoms with van der Waals surface area (Å²) in [6.45, 7) is 10.8. The Morgan fingerprint density at radius 1 is 1.14 bits per heavy atom. The molecule has 0 spiro atoms. The molecule has 12 heteroatoms. The van der Waals surface area contributed by atoms with E-state index in [-0.39, 0.29) is 17.8 Å². The number of benzene rings is 2. The number of methoxy groups -OCH3 is 1. The summed E-state index contributed by atoms with van der Waals surface area (Å²) in [6.07, 6.45) is 3.30. The predicted molar refractivity (Wildman–Crippen MR) is 162 cm³/mol. The zero-order chi connectivity index (χ0) is 29.9. The summed E-state index contributed by atoms with van der Waals surface area (Å²) in [7, 11) is 1.60. The van der Waals surface area contributed by atoms with Crippen LogP contribution in [0.25, 0.3) is 0 Å². The predicted octanol–water partition coefficient (Wildman–Crippen LogP) is 4.20. The Morgan fingerprint density at radius 3 is 2.67 bits per heavy atom. The number of hydrogen-bond acceptors (Lipinski definition) is 10. The maximum Gasteiger partial charge on any atom is 0.247 e. The van der Waals surface area contributed by atoms with Gasteiger partial charge in [0, 0.05) is 50.3 Å². The number of hydrogen-bond donors (Lipinski definition) is 2. The molecular formula is C31H36FN7O4. The van der Waals surface area contributed by atoms with E-state index in [9.17, 15) is 9.18 Å². The Kier molecular flexibility index (Phi) is 8.41. The van der Waals surface area contributed by atoms with Crippen molar-refractivity contribution in [1.82, 2.24) is 14.9 Å². The fraction of sp³-hybridized carbons (Fsp3) is 0.387. The first kappa shape index (κ1) is 28.8. The number of piperazine rings is 1. The van der Waals surface area contributed by atoms with E-state index >= 15 is 0 Å². The summed E-state index contributed by atoms with van der Waals surface area (Å²) in [5.74, 6) is 0.998. The summed E-state index contributed by atoms with van der Waals surface area (Å²) in [4.78, 5) is 31.8. The summed E-state index contributed by atoms with van der Waals surface area (Å²) < 4.78 is 26.1. The van der Waals surface area contributed by atoms with Crippen LogP contribution in [0.3, 0.4) is 0 Å². The fourth-order valence-electron chi connectivity index (χ4n) is 5.72. The molecule has 43 heavy (non-hydrogen) atoms. The largest absolute Gasteiger partial charge is 0.494 e. The molecule has 0 saturated carbocycles. The number of carbonyl (C=O) groups excluding carboxylic acids is 1. The molecule has 2 N–H and O–H groups in total. The third-order valence-corrected chi connectivity index (χ3v) is 8.18. The van der Waals surface area contributed by atoms with E-state index < -0.39 is 0 Å². The van der Waals surface area contributed by atoms with Crippen molar-refractivity contribution in [3.8, 4) is 5.75 Å². The van der Waals surface area contributed by atoms with Gasteiger partial charge in [0.25, 0.3) is 0 Å². The number of rotatable bonds is 9. The highest BCUT2D eigenvalue weighted by atomic mass is 19.1. The van der Waals surface area contributed by atoms with E-state index in [1.165, 1.54) is 12.4 Å². The summed E-state index contributed by atoms with van der Waals surface area (Å²) >= 11 is 0. The van der Waals surface area contributed by atoms with Crippen molar-refractivity contribution in [1.29, 1.82) is 0 Å². The summed E-state index contributed by atoms with van der Waals surface area (Å²) in [5, 5.41) is 7.90. The highest BCUT2D eigenvalue weighted by Crippen LogP contribution is 2.40. The molecule has 0 radical (unpaired) electrons. The van der Waals surface area contributed by atoms with Gasteiger partial charge in [-0.1, -0.05) is 24.8 Å². The maximum absolute atomic E-state index is 15.0. The molecule has 226 valence electrons. The van der Waals surface area contributed by atoms with E-state index in [0.717, 1.165) is 45.1 Å². The number of halogens is 1. The molecule has 2 aromatic carbocycles. The Balaban J connectivity index is 1.26. The molecule has 1 amide bonds. The third-order valence-electron chi connectivity index (χ3n) is 8.18. The van der Waals surface area contributed by atoms with Crippen molar-refractivity contribution in [2.45, 2.75) is 25.4 Å². The van der Waals surface area contributed by atoms with Gasteiger partial charge < -0.3 is 25.0 Å². The molecule has 11 nitrogen and oxygen atoms in total. The molecule has 0 bridgehead atoms. The molecular weight excluding hydrogens is 553 g/mol. The second kappa shape index (κ2) is 12.5. The minimum absolute atomic E-state index is 0.243. The highest BCUT2D eigenvalue weighted by Gasteiger charge is 2.32. The van der Waals surface area contributed by atoms with Gasteiger partial charge in [0.2, 0.25) is 5.91 Å². The van der Waals surface area contributed by atoms with E-state index in [1.54, 1.807) is 37.3 Å². The number of anilines is 5. The lowest BCUT2D eigenvalue weighted by Gasteiger charge is -2.43. The molecule has 3 aliphatic rings. The van der Waals surface area contributed by atoms with Crippen molar-refractivity contribution in [3.63, 3.8) is 0 Å². The van der Waals surface area contributed by atoms with Gasteiger partial charge in [-0.05, 0) is 24.6 Å².